The molecule has 0 saturated heterocycles. The lowest BCUT2D eigenvalue weighted by atomic mass is 10.1. The van der Waals surface area contributed by atoms with E-state index in [0.717, 1.165) is 12.1 Å². The topological polar surface area (TPSA) is 55.1 Å². The molecule has 0 aliphatic carbocycles. The third kappa shape index (κ3) is 2.48. The van der Waals surface area contributed by atoms with Crippen LogP contribution in [0.25, 0.3) is 16.9 Å². The summed E-state index contributed by atoms with van der Waals surface area (Å²) >= 11 is 6.23. The van der Waals surface area contributed by atoms with Crippen molar-refractivity contribution in [2.75, 3.05) is 5.32 Å². The minimum atomic E-state index is -0.956. The van der Waals surface area contributed by atoms with Gasteiger partial charge in [0.25, 0.3) is 5.78 Å². The van der Waals surface area contributed by atoms with Crippen LogP contribution in [0.4, 0.5) is 14.6 Å². The normalized spacial score (nSPS) is 11.4. The van der Waals surface area contributed by atoms with Crippen LogP contribution in [0.1, 0.15) is 13.8 Å². The molecule has 0 spiro atoms. The number of fused-ring (bicyclic) bond motifs is 1. The molecule has 2 heterocycles. The van der Waals surface area contributed by atoms with Gasteiger partial charge < -0.3 is 5.32 Å². The molecular formula is C14H12ClF2N5. The molecule has 114 valence electrons. The van der Waals surface area contributed by atoms with E-state index in [-0.39, 0.29) is 11.2 Å². The quantitative estimate of drug-likeness (QED) is 0.749. The van der Waals surface area contributed by atoms with Crippen molar-refractivity contribution in [1.29, 1.82) is 0 Å². The average Bonchev–Trinajstić information content (AvgIpc) is 2.90. The van der Waals surface area contributed by atoms with Crippen molar-refractivity contribution in [1.82, 2.24) is 19.6 Å². The summed E-state index contributed by atoms with van der Waals surface area (Å²) in [6.07, 6.45) is 1.35. The van der Waals surface area contributed by atoms with E-state index in [1.54, 1.807) is 0 Å². The molecular weight excluding hydrogens is 312 g/mol. The molecule has 0 aliphatic heterocycles. The Morgan fingerprint density at radius 2 is 2.00 bits per heavy atom. The van der Waals surface area contributed by atoms with Gasteiger partial charge in [-0.2, -0.15) is 19.6 Å². The van der Waals surface area contributed by atoms with Gasteiger partial charge in [-0.1, -0.05) is 17.7 Å². The van der Waals surface area contributed by atoms with Gasteiger partial charge in [-0.25, -0.2) is 8.78 Å². The first-order valence-corrected chi connectivity index (χ1v) is 6.96. The molecule has 0 radical (unpaired) electrons. The second-order valence-corrected chi connectivity index (χ2v) is 5.38. The minimum Gasteiger partial charge on any atom is -0.367 e. The summed E-state index contributed by atoms with van der Waals surface area (Å²) in [5.41, 5.74) is 0.837. The van der Waals surface area contributed by atoms with E-state index in [9.17, 15) is 8.78 Å². The number of hydrogen-bond acceptors (Lipinski definition) is 4. The number of benzene rings is 1. The average molecular weight is 324 g/mol. The highest BCUT2D eigenvalue weighted by Crippen LogP contribution is 2.34. The maximum atomic E-state index is 13.6. The Morgan fingerprint density at radius 1 is 1.23 bits per heavy atom. The van der Waals surface area contributed by atoms with E-state index in [1.165, 1.54) is 16.9 Å². The van der Waals surface area contributed by atoms with Gasteiger partial charge in [-0.15, -0.1) is 0 Å². The van der Waals surface area contributed by atoms with E-state index < -0.39 is 11.6 Å². The number of halogens is 3. The second-order valence-electron chi connectivity index (χ2n) is 5.03. The summed E-state index contributed by atoms with van der Waals surface area (Å²) in [6.45, 7) is 3.87. The fourth-order valence-electron chi connectivity index (χ4n) is 2.13. The van der Waals surface area contributed by atoms with Gasteiger partial charge in [-0.05, 0) is 31.5 Å². The monoisotopic (exact) mass is 323 g/mol. The fraction of sp³-hybridized carbons (Fsp3) is 0.214. The third-order valence-corrected chi connectivity index (χ3v) is 3.29. The van der Waals surface area contributed by atoms with Gasteiger partial charge in [0.05, 0.1) is 5.56 Å². The van der Waals surface area contributed by atoms with E-state index in [2.05, 4.69) is 20.4 Å². The maximum absolute atomic E-state index is 13.6. The van der Waals surface area contributed by atoms with Crippen LogP contribution in [0.2, 0.25) is 5.15 Å². The summed E-state index contributed by atoms with van der Waals surface area (Å²) < 4.78 is 28.2. The van der Waals surface area contributed by atoms with Crippen molar-refractivity contribution in [3.8, 4) is 11.1 Å². The van der Waals surface area contributed by atoms with Gasteiger partial charge in [0.1, 0.15) is 17.3 Å². The predicted molar refractivity (Wildman–Crippen MR) is 79.9 cm³/mol. The lowest BCUT2D eigenvalue weighted by Crippen LogP contribution is -2.15. The molecule has 0 fully saturated rings. The summed E-state index contributed by atoms with van der Waals surface area (Å²) in [6, 6.07) is 3.63. The van der Waals surface area contributed by atoms with E-state index in [0.29, 0.717) is 22.7 Å². The van der Waals surface area contributed by atoms with Gasteiger partial charge >= 0.3 is 0 Å². The standard InChI is InChI=1S/C14H12ClF2N5/c1-7(2)20-13-11(8-3-4-9(16)10(17)5-8)12(15)21-14-18-6-19-22(13)14/h3-7,20H,1-2H3. The number of rotatable bonds is 3. The Balaban J connectivity index is 2.30. The maximum Gasteiger partial charge on any atom is 0.255 e. The van der Waals surface area contributed by atoms with Crippen molar-refractivity contribution >= 4 is 23.2 Å². The zero-order valence-corrected chi connectivity index (χ0v) is 12.6. The van der Waals surface area contributed by atoms with Crippen LogP contribution in [-0.2, 0) is 0 Å². The zero-order valence-electron chi connectivity index (χ0n) is 11.8. The fourth-order valence-corrected chi connectivity index (χ4v) is 2.41. The molecule has 1 N–H and O–H groups in total. The minimum absolute atomic E-state index is 0.0647. The smallest absolute Gasteiger partial charge is 0.255 e. The second kappa shape index (κ2) is 5.49. The number of nitrogens with zero attached hydrogens (tertiary/aromatic N) is 4. The Kier molecular flexibility index (Phi) is 3.66. The third-order valence-electron chi connectivity index (χ3n) is 3.02. The SMILES string of the molecule is CC(C)Nc1c(-c2ccc(F)c(F)c2)c(Cl)nc2ncnn12. The Hall–Kier alpha value is -2.28. The summed E-state index contributed by atoms with van der Waals surface area (Å²) in [7, 11) is 0. The highest BCUT2D eigenvalue weighted by atomic mass is 35.5. The van der Waals surface area contributed by atoms with Crippen molar-refractivity contribution in [3.63, 3.8) is 0 Å². The Bertz CT molecular complexity index is 847. The molecule has 8 heteroatoms. The first-order chi connectivity index (χ1) is 10.5. The molecule has 3 rings (SSSR count). The van der Waals surface area contributed by atoms with Gasteiger partial charge in [0.2, 0.25) is 0 Å². The zero-order chi connectivity index (χ0) is 15.9. The molecule has 0 saturated carbocycles. The first-order valence-electron chi connectivity index (χ1n) is 6.58. The van der Waals surface area contributed by atoms with Crippen LogP contribution in [0.15, 0.2) is 24.5 Å². The van der Waals surface area contributed by atoms with Crippen molar-refractivity contribution in [2.45, 2.75) is 19.9 Å². The molecule has 0 aliphatic rings. The van der Waals surface area contributed by atoms with Crippen LogP contribution >= 0.6 is 11.6 Å². The summed E-state index contributed by atoms with van der Waals surface area (Å²) in [5, 5.41) is 7.42. The molecule has 22 heavy (non-hydrogen) atoms. The summed E-state index contributed by atoms with van der Waals surface area (Å²) in [5.74, 6) is -1.04. The predicted octanol–water partition coefficient (Wildman–Crippen LogP) is 3.54. The van der Waals surface area contributed by atoms with Gasteiger partial charge in [0, 0.05) is 6.04 Å². The van der Waals surface area contributed by atoms with E-state index in [4.69, 9.17) is 11.6 Å². The molecule has 5 nitrogen and oxygen atoms in total. The Morgan fingerprint density at radius 3 is 2.68 bits per heavy atom. The van der Waals surface area contributed by atoms with E-state index >= 15 is 0 Å². The van der Waals surface area contributed by atoms with E-state index in [1.807, 2.05) is 13.8 Å². The number of aromatic nitrogens is 4. The lowest BCUT2D eigenvalue weighted by molar-refractivity contribution is 0.509. The van der Waals surface area contributed by atoms with Crippen LogP contribution in [0.5, 0.6) is 0 Å². The summed E-state index contributed by atoms with van der Waals surface area (Å²) in [4.78, 5) is 8.13. The highest BCUT2D eigenvalue weighted by molar-refractivity contribution is 6.32. The molecule has 0 atom stereocenters. The van der Waals surface area contributed by atoms with Crippen LogP contribution < -0.4 is 5.32 Å². The van der Waals surface area contributed by atoms with Gasteiger partial charge in [0.15, 0.2) is 11.6 Å². The molecule has 3 aromatic rings. The number of anilines is 1. The van der Waals surface area contributed by atoms with Crippen LogP contribution in [0, 0.1) is 11.6 Å². The highest BCUT2D eigenvalue weighted by Gasteiger charge is 2.19. The molecule has 0 bridgehead atoms. The van der Waals surface area contributed by atoms with Crippen molar-refractivity contribution in [2.24, 2.45) is 0 Å². The lowest BCUT2D eigenvalue weighted by Gasteiger charge is -2.16. The first kappa shape index (κ1) is 14.6. The molecule has 0 unspecified atom stereocenters. The van der Waals surface area contributed by atoms with Crippen LogP contribution in [0.3, 0.4) is 0 Å². The Labute approximate surface area is 130 Å². The largest absolute Gasteiger partial charge is 0.367 e. The number of hydrogen-bond donors (Lipinski definition) is 1. The number of nitrogens with one attached hydrogen (secondary N) is 1. The molecule has 0 amide bonds. The van der Waals surface area contributed by atoms with Gasteiger partial charge in [-0.3, -0.25) is 0 Å². The van der Waals surface area contributed by atoms with Crippen LogP contribution in [-0.4, -0.2) is 25.6 Å². The van der Waals surface area contributed by atoms with Crippen molar-refractivity contribution < 1.29 is 8.78 Å². The van der Waals surface area contributed by atoms with Crippen molar-refractivity contribution in [3.05, 3.63) is 41.3 Å². The molecule has 1 aromatic carbocycles. The molecule has 2 aromatic heterocycles.